The van der Waals surface area contributed by atoms with Crippen molar-refractivity contribution in [2.24, 2.45) is 9.98 Å². The number of fused-ring (bicyclic) bond motifs is 4. The molecule has 3 aromatic carbocycles. The summed E-state index contributed by atoms with van der Waals surface area (Å²) in [5.41, 5.74) is 8.03. The molecule has 0 aliphatic carbocycles. The summed E-state index contributed by atoms with van der Waals surface area (Å²) in [6.45, 7) is 6.20. The average molecular weight is 499 g/mol. The third-order valence-electron chi connectivity index (χ3n) is 7.04. The topological polar surface area (TPSA) is 71.0 Å². The van der Waals surface area contributed by atoms with Crippen LogP contribution in [-0.2, 0) is 0 Å². The van der Waals surface area contributed by atoms with Crippen molar-refractivity contribution in [3.05, 3.63) is 119 Å². The zero-order chi connectivity index (χ0) is 25.8. The first-order valence-electron chi connectivity index (χ1n) is 12.7. The molecule has 1 atom stereocenters. The van der Waals surface area contributed by atoms with E-state index in [1.165, 1.54) is 11.1 Å². The highest BCUT2D eigenvalue weighted by Crippen LogP contribution is 2.48. The van der Waals surface area contributed by atoms with E-state index in [-0.39, 0.29) is 6.04 Å². The van der Waals surface area contributed by atoms with Gasteiger partial charge < -0.3 is 14.6 Å². The van der Waals surface area contributed by atoms with Crippen molar-refractivity contribution < 1.29 is 4.42 Å². The molecule has 2 aliphatic rings. The van der Waals surface area contributed by atoms with Gasteiger partial charge in [-0.25, -0.2) is 14.7 Å². The molecule has 0 unspecified atom stereocenters. The summed E-state index contributed by atoms with van der Waals surface area (Å²) >= 11 is 0. The molecule has 0 spiro atoms. The zero-order valence-corrected chi connectivity index (χ0v) is 21.4. The van der Waals surface area contributed by atoms with Crippen LogP contribution in [0.25, 0.3) is 5.69 Å². The highest BCUT2D eigenvalue weighted by Gasteiger charge is 2.42. The molecular weight excluding hydrogens is 472 g/mol. The van der Waals surface area contributed by atoms with Crippen molar-refractivity contribution in [2.75, 3.05) is 10.2 Å². The van der Waals surface area contributed by atoms with E-state index in [0.29, 0.717) is 11.7 Å². The molecular formula is C31H26N6O. The van der Waals surface area contributed by atoms with Gasteiger partial charge in [0.05, 0.1) is 34.6 Å². The molecule has 0 amide bonds. The van der Waals surface area contributed by atoms with Crippen molar-refractivity contribution in [1.29, 1.82) is 0 Å². The summed E-state index contributed by atoms with van der Waals surface area (Å²) in [5, 5.41) is 8.50. The van der Waals surface area contributed by atoms with Crippen molar-refractivity contribution in [3.8, 4) is 5.69 Å². The van der Waals surface area contributed by atoms with E-state index in [4.69, 9.17) is 19.5 Å². The number of rotatable bonds is 3. The zero-order valence-electron chi connectivity index (χ0n) is 21.4. The molecule has 5 aromatic rings. The molecule has 0 radical (unpaired) electrons. The number of aryl methyl sites for hydroxylation is 3. The fourth-order valence-corrected chi connectivity index (χ4v) is 5.15. The van der Waals surface area contributed by atoms with Crippen LogP contribution in [0.1, 0.15) is 34.2 Å². The SMILES string of the molecule is Cc1ccc(NC2=Nc3ccccc3N3C2=Nc2c(c(C)nn2-c2ccc(C)cc2)[C@@H]3c2ccco2)cc1. The number of furan rings is 1. The number of benzene rings is 3. The predicted molar refractivity (Wildman–Crippen MR) is 152 cm³/mol. The van der Waals surface area contributed by atoms with Crippen molar-refractivity contribution in [2.45, 2.75) is 26.8 Å². The van der Waals surface area contributed by atoms with Gasteiger partial charge in [-0.2, -0.15) is 5.10 Å². The summed E-state index contributed by atoms with van der Waals surface area (Å²) < 4.78 is 7.98. The average Bonchev–Trinajstić information content (AvgIpc) is 3.58. The third-order valence-corrected chi connectivity index (χ3v) is 7.04. The Bertz CT molecular complexity index is 1710. The Hall–Kier alpha value is -4.91. The molecule has 7 heteroatoms. The molecule has 0 saturated carbocycles. The lowest BCUT2D eigenvalue weighted by Crippen LogP contribution is -2.46. The first-order chi connectivity index (χ1) is 18.6. The number of nitrogens with zero attached hydrogens (tertiary/aromatic N) is 5. The van der Waals surface area contributed by atoms with E-state index in [2.05, 4.69) is 78.7 Å². The number of hydrogen-bond donors (Lipinski definition) is 1. The smallest absolute Gasteiger partial charge is 0.179 e. The summed E-state index contributed by atoms with van der Waals surface area (Å²) in [4.78, 5) is 12.5. The maximum Gasteiger partial charge on any atom is 0.179 e. The Morgan fingerprint density at radius 2 is 1.53 bits per heavy atom. The first-order valence-corrected chi connectivity index (χ1v) is 12.7. The van der Waals surface area contributed by atoms with E-state index in [1.54, 1.807) is 6.26 Å². The Kier molecular flexibility index (Phi) is 5.04. The van der Waals surface area contributed by atoms with Crippen LogP contribution in [-0.4, -0.2) is 21.5 Å². The minimum absolute atomic E-state index is 0.266. The largest absolute Gasteiger partial charge is 0.467 e. The molecule has 0 bridgehead atoms. The van der Waals surface area contributed by atoms with Crippen LogP contribution in [0.4, 0.5) is 22.9 Å². The minimum Gasteiger partial charge on any atom is -0.467 e. The second kappa shape index (κ2) is 8.59. The van der Waals surface area contributed by atoms with Crippen LogP contribution < -0.4 is 10.2 Å². The number of nitrogens with one attached hydrogen (secondary N) is 1. The van der Waals surface area contributed by atoms with E-state index in [0.717, 1.165) is 45.6 Å². The second-order valence-corrected chi connectivity index (χ2v) is 9.73. The summed E-state index contributed by atoms with van der Waals surface area (Å²) in [6.07, 6.45) is 1.72. The molecule has 186 valence electrons. The molecule has 7 nitrogen and oxygen atoms in total. The lowest BCUT2D eigenvalue weighted by Gasteiger charge is -2.39. The maximum absolute atomic E-state index is 6.05. The molecule has 7 rings (SSSR count). The summed E-state index contributed by atoms with van der Waals surface area (Å²) in [5.74, 6) is 2.98. The number of anilines is 2. The second-order valence-electron chi connectivity index (χ2n) is 9.73. The monoisotopic (exact) mass is 498 g/mol. The summed E-state index contributed by atoms with van der Waals surface area (Å²) in [7, 11) is 0. The predicted octanol–water partition coefficient (Wildman–Crippen LogP) is 7.19. The first kappa shape index (κ1) is 22.3. The van der Waals surface area contributed by atoms with Crippen LogP contribution in [0, 0.1) is 20.8 Å². The standard InChI is InChI=1S/C31H26N6O/c1-19-10-14-22(15-11-19)32-29-31-34-30-27(21(3)35-37(30)23-16-12-20(2)13-17-23)28(26-9-6-18-38-26)36(31)25-8-5-4-7-24(25)33-29/h4-18,28H,1-3H3,(H,32,33)/t28-/m0/s1. The van der Waals surface area contributed by atoms with Crippen molar-refractivity contribution in [1.82, 2.24) is 9.78 Å². The summed E-state index contributed by atoms with van der Waals surface area (Å²) in [6, 6.07) is 28.4. The van der Waals surface area contributed by atoms with Gasteiger partial charge in [0.15, 0.2) is 17.5 Å². The van der Waals surface area contributed by atoms with Gasteiger partial charge in [0.1, 0.15) is 11.8 Å². The van der Waals surface area contributed by atoms with Gasteiger partial charge >= 0.3 is 0 Å². The lowest BCUT2D eigenvalue weighted by molar-refractivity contribution is 0.487. The van der Waals surface area contributed by atoms with Gasteiger partial charge in [-0.1, -0.05) is 47.5 Å². The van der Waals surface area contributed by atoms with E-state index < -0.39 is 0 Å². The van der Waals surface area contributed by atoms with Crippen LogP contribution >= 0.6 is 0 Å². The Morgan fingerprint density at radius 1 is 0.789 bits per heavy atom. The van der Waals surface area contributed by atoms with E-state index >= 15 is 0 Å². The number of aromatic nitrogens is 2. The molecule has 0 fully saturated rings. The Balaban J connectivity index is 1.48. The maximum atomic E-state index is 6.05. The molecule has 0 saturated heterocycles. The highest BCUT2D eigenvalue weighted by molar-refractivity contribution is 6.51. The molecule has 4 heterocycles. The highest BCUT2D eigenvalue weighted by atomic mass is 16.3. The number of aliphatic imine (C=N–C) groups is 2. The van der Waals surface area contributed by atoms with E-state index in [1.807, 2.05) is 41.9 Å². The lowest BCUT2D eigenvalue weighted by atomic mass is 9.98. The Morgan fingerprint density at radius 3 is 2.26 bits per heavy atom. The molecule has 2 aromatic heterocycles. The van der Waals surface area contributed by atoms with E-state index in [9.17, 15) is 0 Å². The van der Waals surface area contributed by atoms with Crippen molar-refractivity contribution in [3.63, 3.8) is 0 Å². The minimum atomic E-state index is -0.266. The van der Waals surface area contributed by atoms with Gasteiger partial charge in [-0.15, -0.1) is 0 Å². The number of hydrogen-bond acceptors (Lipinski definition) is 6. The van der Waals surface area contributed by atoms with Gasteiger partial charge in [0.2, 0.25) is 0 Å². The number of para-hydroxylation sites is 2. The number of amidine groups is 2. The van der Waals surface area contributed by atoms with Gasteiger partial charge in [-0.05, 0) is 69.3 Å². The quantitative estimate of drug-likeness (QED) is 0.286. The molecule has 1 N–H and O–H groups in total. The molecule has 2 aliphatic heterocycles. The van der Waals surface area contributed by atoms with Crippen LogP contribution in [0.2, 0.25) is 0 Å². The normalized spacial score (nSPS) is 15.8. The fraction of sp³-hybridized carbons (Fsp3) is 0.129. The van der Waals surface area contributed by atoms with Gasteiger partial charge in [0, 0.05) is 5.69 Å². The van der Waals surface area contributed by atoms with Gasteiger partial charge in [-0.3, -0.25) is 0 Å². The van der Waals surface area contributed by atoms with Gasteiger partial charge in [0.25, 0.3) is 0 Å². The van der Waals surface area contributed by atoms with Crippen molar-refractivity contribution >= 4 is 34.6 Å². The third kappa shape index (κ3) is 3.55. The Labute approximate surface area is 220 Å². The van der Waals surface area contributed by atoms with Crippen LogP contribution in [0.3, 0.4) is 0 Å². The van der Waals surface area contributed by atoms with Crippen LogP contribution in [0.15, 0.2) is 106 Å². The fourth-order valence-electron chi connectivity index (χ4n) is 5.15. The molecule has 38 heavy (non-hydrogen) atoms. The van der Waals surface area contributed by atoms with Crippen LogP contribution in [0.5, 0.6) is 0 Å².